The summed E-state index contributed by atoms with van der Waals surface area (Å²) in [6.07, 6.45) is -2.28. The highest BCUT2D eigenvalue weighted by atomic mass is 16.4. The van der Waals surface area contributed by atoms with Crippen LogP contribution in [0.1, 0.15) is 257 Å². The lowest BCUT2D eigenvalue weighted by Crippen LogP contribution is -2.63. The highest BCUT2D eigenvalue weighted by molar-refractivity contribution is 6.03. The van der Waals surface area contributed by atoms with Crippen molar-refractivity contribution < 1.29 is 106 Å². The summed E-state index contributed by atoms with van der Waals surface area (Å²) < 4.78 is 0. The summed E-state index contributed by atoms with van der Waals surface area (Å²) in [5.41, 5.74) is 63.0. The second kappa shape index (κ2) is 70.7. The van der Waals surface area contributed by atoms with Gasteiger partial charge in [0.2, 0.25) is 112 Å². The molecule has 40 N–H and O–H groups in total. The number of amides is 19. The lowest BCUT2D eigenvalue weighted by Gasteiger charge is -2.31. The van der Waals surface area contributed by atoms with Gasteiger partial charge >= 0.3 is 5.97 Å². The Morgan fingerprint density at radius 2 is 0.568 bits per heavy atom. The minimum atomic E-state index is -2.00. The van der Waals surface area contributed by atoms with Crippen molar-refractivity contribution in [3.8, 4) is 0 Å². The largest absolute Gasteiger partial charge is 0.480 e. The fourth-order valence-electron chi connectivity index (χ4n) is 15.5. The van der Waals surface area contributed by atoms with Crippen molar-refractivity contribution >= 4 is 130 Å². The third-order valence-corrected chi connectivity index (χ3v) is 24.6. The number of nitrogens with one attached hydrogen (secondary N) is 16. The van der Waals surface area contributed by atoms with Gasteiger partial charge in [-0.25, -0.2) is 4.79 Å². The Kier molecular flexibility index (Phi) is 63.6. The molecule has 838 valence electrons. The fourth-order valence-corrected chi connectivity index (χ4v) is 15.5. The zero-order chi connectivity index (χ0) is 112. The Hall–Kier alpha value is -13.0. The van der Waals surface area contributed by atoms with E-state index in [9.17, 15) is 106 Å². The van der Waals surface area contributed by atoms with Crippen LogP contribution >= 0.6 is 0 Å². The third kappa shape index (κ3) is 52.0. The molecule has 0 aliphatic heterocycles. The topological polar surface area (TPSA) is 885 Å². The van der Waals surface area contributed by atoms with Gasteiger partial charge < -0.3 is 158 Å². The van der Waals surface area contributed by atoms with Gasteiger partial charge in [-0.2, -0.15) is 0 Å². The van der Waals surface area contributed by atoms with Crippen molar-refractivity contribution in [2.75, 3.05) is 32.7 Å². The number of guanidine groups is 2. The van der Waals surface area contributed by atoms with Crippen LogP contribution in [0.25, 0.3) is 0 Å². The van der Waals surface area contributed by atoms with E-state index in [2.05, 4.69) is 95.1 Å². The zero-order valence-corrected chi connectivity index (χ0v) is 88.6. The zero-order valence-electron chi connectivity index (χ0n) is 88.6. The maximum absolute atomic E-state index is 15.0. The molecule has 0 bridgehead atoms. The van der Waals surface area contributed by atoms with Crippen molar-refractivity contribution in [2.24, 2.45) is 114 Å². The van der Waals surface area contributed by atoms with Gasteiger partial charge in [-0.1, -0.05) is 147 Å². The second-order valence-electron chi connectivity index (χ2n) is 39.4. The molecule has 51 heteroatoms. The standard InChI is InChI=1S/C97H173N29O22/c1-16-54(12)75(123-79(131)59(101)32-28-42-109-96(105)106)91(143)114-63(37-38-71(102)128)81(133)120-69(48-72(103)129)87(139)118-67(46-52(8)9)86(138)116-65(44-50(4)5)84(136)111-61(34-23-26-40-99)82(134)125-77(56(14)18-3)93(145)126-78(57(15)127)94(146)121-70(49-73(104)130)88(140)117-66(45-51(6)7)85(137)112-62(36-29-43-110-97(107)108)83(135)124-76(55(13)17-2)92(144)113-60(33-22-25-39-98)80(132)119-68(47-58-30-20-19-21-31-58)89(141)122-74(53(10)11)90(142)115-64(95(147)148)35-24-27-41-100/h19-21,30-31,50-57,59-70,74-78,127H,16-18,22-29,32-49,98-101H2,1-15H3,(H2,102,128)(H2,103,129)(H2,104,130)(H,111,136)(H,112,137)(H,113,144)(H,114,143)(H,115,142)(H,116,138)(H,117,140)(H,118,139)(H,119,132)(H,120,133)(H,121,146)(H,122,141)(H,123,131)(H,124,135)(H,125,134)(H,126,145)(H,147,148)(H4,105,106,109)(H4,107,108,110)/t54-,55-,56-,57+,59-,60-,61-,62-,63-,64-,65-,66-,67-,68-,69-,70-,74-,75-,76-,77-,78-/m0/s1. The van der Waals surface area contributed by atoms with Gasteiger partial charge in [-0.05, 0) is 183 Å². The first-order valence-electron chi connectivity index (χ1n) is 51.1. The van der Waals surface area contributed by atoms with Crippen LogP contribution < -0.4 is 148 Å². The highest BCUT2D eigenvalue weighted by Crippen LogP contribution is 2.21. The molecule has 0 aliphatic carbocycles. The lowest BCUT2D eigenvalue weighted by molar-refractivity contribution is -0.143. The second-order valence-corrected chi connectivity index (χ2v) is 39.4. The Morgan fingerprint density at radius 3 is 0.912 bits per heavy atom. The Balaban J connectivity index is 3.86. The van der Waals surface area contributed by atoms with Crippen LogP contribution in [0, 0.1) is 41.4 Å². The van der Waals surface area contributed by atoms with E-state index >= 15 is 0 Å². The van der Waals surface area contributed by atoms with Crippen LogP contribution in [0.3, 0.4) is 0 Å². The summed E-state index contributed by atoms with van der Waals surface area (Å²) in [5.74, 6) is -24.5. The van der Waals surface area contributed by atoms with Crippen molar-refractivity contribution in [3.05, 3.63) is 35.9 Å². The summed E-state index contributed by atoms with van der Waals surface area (Å²) in [4.78, 5) is 290. The van der Waals surface area contributed by atoms with E-state index in [0.29, 0.717) is 50.6 Å². The molecular formula is C97H173N29O22. The molecule has 0 radical (unpaired) electrons. The monoisotopic (exact) mass is 2100 g/mol. The quantitative estimate of drug-likeness (QED) is 0.0164. The molecule has 51 nitrogen and oxygen atoms in total. The van der Waals surface area contributed by atoms with Crippen LogP contribution in [0.4, 0.5) is 0 Å². The number of hydrogen-bond acceptors (Lipinski definition) is 27. The molecule has 1 rings (SSSR count). The molecule has 0 saturated carbocycles. The van der Waals surface area contributed by atoms with Gasteiger partial charge in [0.05, 0.1) is 25.0 Å². The molecule has 0 spiro atoms. The molecule has 0 saturated heterocycles. The average Bonchev–Trinajstić information content (AvgIpc) is 0.836. The predicted octanol–water partition coefficient (Wildman–Crippen LogP) is -5.78. The summed E-state index contributed by atoms with van der Waals surface area (Å²) in [6, 6.07) is -17.5. The normalized spacial score (nSPS) is 15.6. The number of benzene rings is 1. The number of carboxylic acids is 1. The predicted molar refractivity (Wildman–Crippen MR) is 554 cm³/mol. The van der Waals surface area contributed by atoms with E-state index in [-0.39, 0.29) is 140 Å². The number of aliphatic carboxylic acids is 1. The molecule has 0 aromatic heterocycles. The van der Waals surface area contributed by atoms with Gasteiger partial charge in [0.15, 0.2) is 11.9 Å². The highest BCUT2D eigenvalue weighted by Gasteiger charge is 2.43. The Morgan fingerprint density at radius 1 is 0.297 bits per heavy atom. The molecule has 0 fully saturated rings. The first-order chi connectivity index (χ1) is 69.5. The maximum Gasteiger partial charge on any atom is 0.326 e. The minimum absolute atomic E-state index is 0.0109. The van der Waals surface area contributed by atoms with Gasteiger partial charge in [0, 0.05) is 25.9 Å². The van der Waals surface area contributed by atoms with E-state index in [1.54, 1.807) is 127 Å². The number of aliphatic imine (C=N–C) groups is 2. The van der Waals surface area contributed by atoms with E-state index < -0.39 is 282 Å². The van der Waals surface area contributed by atoms with Gasteiger partial charge in [-0.15, -0.1) is 0 Å². The molecule has 19 amide bonds. The number of aliphatic hydroxyl groups excluding tert-OH is 1. The van der Waals surface area contributed by atoms with Gasteiger partial charge in [0.1, 0.15) is 96.7 Å². The van der Waals surface area contributed by atoms with Crippen LogP contribution in [0.2, 0.25) is 0 Å². The summed E-state index contributed by atoms with van der Waals surface area (Å²) in [6.45, 7) is 25.2. The molecule has 1 aromatic rings. The van der Waals surface area contributed by atoms with Crippen LogP contribution in [-0.2, 0) is 102 Å². The fraction of sp³-hybridized carbons (Fsp3) is 0.711. The number of unbranched alkanes of at least 4 members (excludes halogenated alkanes) is 3. The average molecular weight is 2100 g/mol. The smallest absolute Gasteiger partial charge is 0.326 e. The van der Waals surface area contributed by atoms with Gasteiger partial charge in [-0.3, -0.25) is 101 Å². The lowest BCUT2D eigenvalue weighted by atomic mass is 9.96. The van der Waals surface area contributed by atoms with Crippen molar-refractivity contribution in [1.82, 2.24) is 85.1 Å². The number of carboxylic acid groups (broad SMARTS) is 1. The number of aliphatic hydroxyl groups is 1. The molecule has 0 aliphatic rings. The van der Waals surface area contributed by atoms with E-state index in [1.807, 2.05) is 0 Å². The SMILES string of the molecule is CC[C@H](C)[C@H](NC(=O)[C@H](CCCN=C(N)N)NC(=O)[C@H](CC(C)C)NC(=O)[C@H](CC(N)=O)NC(=O)[C@@H](NC(=O)[C@@H](NC(=O)[C@H](CCCCN)NC(=O)[C@H](CC(C)C)NC(=O)[C@H](CC(C)C)NC(=O)[C@H](CC(N)=O)NC(=O)[C@H](CCC(N)=O)NC(=O)[C@@H](NC(=O)[C@@H](N)CCCN=C(N)N)[C@@H](C)CC)[C@@H](C)CC)[C@@H](C)O)C(=O)N[C@@H](CCCCN)C(=O)N[C@@H](Cc1ccccc1)C(=O)N[C@H](C(=O)N[C@@H](CCCCN)C(=O)O)C(C)C. The van der Waals surface area contributed by atoms with Gasteiger partial charge in [0.25, 0.3) is 0 Å². The Bertz CT molecular complexity index is 4500. The molecule has 0 unspecified atom stereocenters. The van der Waals surface area contributed by atoms with E-state index in [4.69, 9.17) is 63.1 Å². The summed E-state index contributed by atoms with van der Waals surface area (Å²) >= 11 is 0. The van der Waals surface area contributed by atoms with Crippen LogP contribution in [0.15, 0.2) is 40.3 Å². The summed E-state index contributed by atoms with van der Waals surface area (Å²) in [5, 5.41) is 62.7. The number of primary amides is 3. The van der Waals surface area contributed by atoms with Crippen molar-refractivity contribution in [3.63, 3.8) is 0 Å². The first kappa shape index (κ1) is 133. The molecule has 0 heterocycles. The Labute approximate surface area is 867 Å². The third-order valence-electron chi connectivity index (χ3n) is 24.6. The molecule has 148 heavy (non-hydrogen) atoms. The molecular weight excluding hydrogens is 1920 g/mol. The van der Waals surface area contributed by atoms with Crippen LogP contribution in [-0.4, -0.2) is 282 Å². The van der Waals surface area contributed by atoms with Crippen LogP contribution in [0.5, 0.6) is 0 Å². The first-order valence-corrected chi connectivity index (χ1v) is 51.1. The van der Waals surface area contributed by atoms with E-state index in [1.165, 1.54) is 0 Å². The number of carbonyl (C=O) groups is 20. The number of rotatable bonds is 76. The van der Waals surface area contributed by atoms with Crippen molar-refractivity contribution in [2.45, 2.75) is 367 Å². The number of nitrogens with two attached hydrogens (primary N) is 11. The number of nitrogens with zero attached hydrogens (tertiary/aromatic N) is 2. The van der Waals surface area contributed by atoms with Crippen molar-refractivity contribution in [1.29, 1.82) is 0 Å². The molecule has 1 aromatic carbocycles. The van der Waals surface area contributed by atoms with E-state index in [0.717, 1.165) is 6.92 Å². The number of hydrogen-bond donors (Lipinski definition) is 29. The molecule has 21 atom stereocenters. The minimum Gasteiger partial charge on any atom is -0.480 e. The maximum atomic E-state index is 15.0. The number of carbonyl (C=O) groups excluding carboxylic acids is 19. The summed E-state index contributed by atoms with van der Waals surface area (Å²) in [7, 11) is 0.